The van der Waals surface area contributed by atoms with Crippen molar-refractivity contribution in [3.8, 4) is 11.1 Å². The number of fused-ring (bicyclic) bond motifs is 5. The lowest BCUT2D eigenvalue weighted by Gasteiger charge is -2.27. The lowest BCUT2D eigenvalue weighted by molar-refractivity contribution is -0.0662. The zero-order chi connectivity index (χ0) is 23.5. The molecule has 2 bridgehead atoms. The van der Waals surface area contributed by atoms with Gasteiger partial charge in [-0.15, -0.1) is 0 Å². The molecule has 2 aliphatic rings. The number of hydrogen-bond donors (Lipinski definition) is 0. The maximum atomic E-state index is 6.51. The average molecular weight is 446 g/mol. The fraction of sp³-hybridized carbons (Fsp3) is 0.250. The van der Waals surface area contributed by atoms with Gasteiger partial charge in [0, 0.05) is 17.1 Å². The van der Waals surface area contributed by atoms with Crippen molar-refractivity contribution in [3.05, 3.63) is 113 Å². The maximum absolute atomic E-state index is 6.51. The Labute approximate surface area is 202 Å². The van der Waals surface area contributed by atoms with Gasteiger partial charge in [-0.25, -0.2) is 0 Å². The molecule has 4 aromatic carbocycles. The number of para-hydroxylation sites is 2. The van der Waals surface area contributed by atoms with E-state index in [1.165, 1.54) is 39.1 Å². The van der Waals surface area contributed by atoms with Crippen LogP contribution in [0.2, 0.25) is 0 Å². The molecule has 34 heavy (non-hydrogen) atoms. The van der Waals surface area contributed by atoms with Gasteiger partial charge < -0.3 is 9.64 Å². The van der Waals surface area contributed by atoms with E-state index in [0.29, 0.717) is 0 Å². The smallest absolute Gasteiger partial charge is 0.0920 e. The second kappa shape index (κ2) is 7.58. The molecule has 2 heteroatoms. The van der Waals surface area contributed by atoms with Crippen LogP contribution in [-0.4, -0.2) is 0 Å². The van der Waals surface area contributed by atoms with Gasteiger partial charge in [-0.05, 0) is 116 Å². The van der Waals surface area contributed by atoms with Gasteiger partial charge in [0.05, 0.1) is 11.2 Å². The third-order valence-electron chi connectivity index (χ3n) is 7.78. The topological polar surface area (TPSA) is 12.5 Å². The molecule has 0 spiro atoms. The molecule has 170 valence electrons. The third kappa shape index (κ3) is 3.20. The molecular weight excluding hydrogens is 414 g/mol. The molecule has 0 radical (unpaired) electrons. The minimum Gasteiger partial charge on any atom is -0.360 e. The highest BCUT2D eigenvalue weighted by molar-refractivity contribution is 5.81. The fourth-order valence-corrected chi connectivity index (χ4v) is 6.18. The van der Waals surface area contributed by atoms with Gasteiger partial charge in [0.15, 0.2) is 0 Å². The first-order valence-electron chi connectivity index (χ1n) is 12.3. The van der Waals surface area contributed by atoms with Gasteiger partial charge in [-0.1, -0.05) is 48.5 Å². The lowest BCUT2D eigenvalue weighted by atomic mass is 9.77. The molecule has 0 N–H and O–H groups in total. The lowest BCUT2D eigenvalue weighted by Crippen LogP contribution is -2.18. The summed E-state index contributed by atoms with van der Waals surface area (Å²) in [4.78, 5) is 2.33. The predicted molar refractivity (Wildman–Crippen MR) is 141 cm³/mol. The molecule has 1 fully saturated rings. The number of rotatable bonds is 4. The Morgan fingerprint density at radius 2 is 1.15 bits per heavy atom. The first-order chi connectivity index (χ1) is 16.4. The van der Waals surface area contributed by atoms with Gasteiger partial charge in [-0.2, -0.15) is 0 Å². The summed E-state index contributed by atoms with van der Waals surface area (Å²) in [6.45, 7) is 8.98. The van der Waals surface area contributed by atoms with Crippen molar-refractivity contribution in [2.45, 2.75) is 51.7 Å². The Morgan fingerprint density at radius 1 is 0.618 bits per heavy atom. The van der Waals surface area contributed by atoms with E-state index in [1.54, 1.807) is 0 Å². The van der Waals surface area contributed by atoms with E-state index >= 15 is 0 Å². The highest BCUT2D eigenvalue weighted by Crippen LogP contribution is 2.58. The Bertz CT molecular complexity index is 1310. The molecule has 0 aliphatic carbocycles. The molecular formula is C32H31NO. The minimum atomic E-state index is -0.154. The van der Waals surface area contributed by atoms with Crippen LogP contribution in [0, 0.1) is 13.8 Å². The van der Waals surface area contributed by atoms with Crippen molar-refractivity contribution < 1.29 is 4.74 Å². The van der Waals surface area contributed by atoms with Crippen molar-refractivity contribution in [2.24, 2.45) is 0 Å². The highest BCUT2D eigenvalue weighted by Gasteiger charge is 2.54. The summed E-state index contributed by atoms with van der Waals surface area (Å²) in [5.74, 6) is 0. The second-order valence-corrected chi connectivity index (χ2v) is 10.3. The standard InChI is InChI=1S/C32H31NO/c1-22-19-27(33(25-11-7-5-8-12-25)26-13-9-6-10-14-26)20-23(2)30(22)24-15-16-28-29(21-24)32(4)18-17-31(28,3)34-32/h5-16,19-21H,17-18H2,1-4H3. The Kier molecular flexibility index (Phi) is 4.72. The SMILES string of the molecule is Cc1cc(N(c2ccccc2)c2ccccc2)cc(C)c1-c1ccc2c(c1)C1(C)CCC2(C)O1. The number of anilines is 3. The minimum absolute atomic E-state index is 0.123. The zero-order valence-corrected chi connectivity index (χ0v) is 20.4. The van der Waals surface area contributed by atoms with Crippen LogP contribution in [0.5, 0.6) is 0 Å². The summed E-state index contributed by atoms with van der Waals surface area (Å²) in [6.07, 6.45) is 2.21. The van der Waals surface area contributed by atoms with E-state index in [1.807, 2.05) is 0 Å². The Morgan fingerprint density at radius 3 is 1.71 bits per heavy atom. The van der Waals surface area contributed by atoms with Crippen molar-refractivity contribution in [1.29, 1.82) is 0 Å². The van der Waals surface area contributed by atoms with E-state index in [9.17, 15) is 0 Å². The van der Waals surface area contributed by atoms with Crippen LogP contribution in [0.15, 0.2) is 91.0 Å². The number of hydrogen-bond acceptors (Lipinski definition) is 2. The second-order valence-electron chi connectivity index (χ2n) is 10.3. The molecule has 2 nitrogen and oxygen atoms in total. The van der Waals surface area contributed by atoms with Gasteiger partial charge in [-0.3, -0.25) is 0 Å². The number of aryl methyl sites for hydroxylation is 2. The van der Waals surface area contributed by atoms with Crippen LogP contribution >= 0.6 is 0 Å². The van der Waals surface area contributed by atoms with Gasteiger partial charge in [0.1, 0.15) is 0 Å². The van der Waals surface area contributed by atoms with E-state index < -0.39 is 0 Å². The molecule has 2 atom stereocenters. The number of ether oxygens (including phenoxy) is 1. The first kappa shape index (κ1) is 21.2. The van der Waals surface area contributed by atoms with Crippen LogP contribution in [0.1, 0.15) is 48.9 Å². The van der Waals surface area contributed by atoms with Gasteiger partial charge in [0.2, 0.25) is 0 Å². The Hall–Kier alpha value is -3.36. The van der Waals surface area contributed by atoms with Crippen molar-refractivity contribution in [1.82, 2.24) is 0 Å². The summed E-state index contributed by atoms with van der Waals surface area (Å²) in [6, 6.07) is 32.8. The van der Waals surface area contributed by atoms with Crippen LogP contribution in [0.25, 0.3) is 11.1 Å². The fourth-order valence-electron chi connectivity index (χ4n) is 6.18. The summed E-state index contributed by atoms with van der Waals surface area (Å²) >= 11 is 0. The first-order valence-corrected chi connectivity index (χ1v) is 12.3. The van der Waals surface area contributed by atoms with Crippen LogP contribution in [0.3, 0.4) is 0 Å². The average Bonchev–Trinajstić information content (AvgIpc) is 3.27. The molecule has 4 aromatic rings. The molecule has 1 saturated heterocycles. The van der Waals surface area contributed by atoms with Crippen LogP contribution in [-0.2, 0) is 15.9 Å². The van der Waals surface area contributed by atoms with Crippen LogP contribution < -0.4 is 4.90 Å². The van der Waals surface area contributed by atoms with Crippen LogP contribution in [0.4, 0.5) is 17.1 Å². The van der Waals surface area contributed by atoms with E-state index in [0.717, 1.165) is 24.2 Å². The molecule has 2 heterocycles. The van der Waals surface area contributed by atoms with Crippen molar-refractivity contribution >= 4 is 17.1 Å². The van der Waals surface area contributed by atoms with Gasteiger partial charge >= 0.3 is 0 Å². The van der Waals surface area contributed by atoms with E-state index in [4.69, 9.17) is 4.74 Å². The van der Waals surface area contributed by atoms with Crippen molar-refractivity contribution in [3.63, 3.8) is 0 Å². The highest BCUT2D eigenvalue weighted by atomic mass is 16.5. The summed E-state index contributed by atoms with van der Waals surface area (Å²) in [7, 11) is 0. The van der Waals surface area contributed by atoms with E-state index in [2.05, 4.69) is 124 Å². The normalized spacial score (nSPS) is 22.6. The van der Waals surface area contributed by atoms with E-state index in [-0.39, 0.29) is 11.2 Å². The van der Waals surface area contributed by atoms with Crippen molar-refractivity contribution in [2.75, 3.05) is 4.90 Å². The molecule has 6 rings (SSSR count). The molecule has 2 aliphatic heterocycles. The molecule has 2 unspecified atom stereocenters. The summed E-state index contributed by atoms with van der Waals surface area (Å²) < 4.78 is 6.51. The number of nitrogens with zero attached hydrogens (tertiary/aromatic N) is 1. The molecule has 0 saturated carbocycles. The zero-order valence-electron chi connectivity index (χ0n) is 20.4. The molecule has 0 aromatic heterocycles. The summed E-state index contributed by atoms with van der Waals surface area (Å²) in [5.41, 5.74) is 11.1. The third-order valence-corrected chi connectivity index (χ3v) is 7.78. The quantitative estimate of drug-likeness (QED) is 0.311. The Balaban J connectivity index is 1.46. The van der Waals surface area contributed by atoms with Gasteiger partial charge in [0.25, 0.3) is 0 Å². The summed E-state index contributed by atoms with van der Waals surface area (Å²) in [5, 5.41) is 0. The monoisotopic (exact) mass is 445 g/mol. The maximum Gasteiger partial charge on any atom is 0.0920 e. The number of benzene rings is 4. The molecule has 0 amide bonds. The predicted octanol–water partition coefficient (Wildman–Crippen LogP) is 8.69. The largest absolute Gasteiger partial charge is 0.360 e.